The van der Waals surface area contributed by atoms with Gasteiger partial charge in [0.15, 0.2) is 6.23 Å². The van der Waals surface area contributed by atoms with E-state index in [4.69, 9.17) is 4.74 Å². The summed E-state index contributed by atoms with van der Waals surface area (Å²) in [6.07, 6.45) is 6.62. The highest BCUT2D eigenvalue weighted by Crippen LogP contribution is 2.34. The number of carbonyl (C=O) groups excluding carboxylic acids is 2. The quantitative estimate of drug-likeness (QED) is 0.130. The SMILES string of the molecule is C=CSc1cc(-c2ccc(C(O)N(C(=O)C3CCCCC3)c3cccc(/C=C/C(=O)OC)c3)cc2)ccc1C. The maximum atomic E-state index is 13.8. The predicted octanol–water partition coefficient (Wildman–Crippen LogP) is 7.69. The highest BCUT2D eigenvalue weighted by atomic mass is 32.2. The fourth-order valence-corrected chi connectivity index (χ4v) is 5.57. The Morgan fingerprint density at radius 2 is 1.74 bits per heavy atom. The number of methoxy groups -OCH3 is 1. The lowest BCUT2D eigenvalue weighted by Crippen LogP contribution is -2.40. The molecule has 0 saturated heterocycles. The number of benzene rings is 3. The Hall–Kier alpha value is -3.61. The Morgan fingerprint density at radius 1 is 1.03 bits per heavy atom. The maximum Gasteiger partial charge on any atom is 0.330 e. The number of aryl methyl sites for hydroxylation is 1. The third kappa shape index (κ3) is 7.08. The van der Waals surface area contributed by atoms with Gasteiger partial charge in [0.05, 0.1) is 7.11 Å². The number of carbonyl (C=O) groups is 2. The van der Waals surface area contributed by atoms with Gasteiger partial charge in [0, 0.05) is 28.1 Å². The van der Waals surface area contributed by atoms with Crippen molar-refractivity contribution >= 4 is 35.4 Å². The summed E-state index contributed by atoms with van der Waals surface area (Å²) in [6.45, 7) is 5.90. The van der Waals surface area contributed by atoms with Gasteiger partial charge in [0.2, 0.25) is 5.91 Å². The van der Waals surface area contributed by atoms with E-state index in [0.717, 1.165) is 53.7 Å². The van der Waals surface area contributed by atoms with Crippen LogP contribution in [0, 0.1) is 12.8 Å². The summed E-state index contributed by atoms with van der Waals surface area (Å²) in [4.78, 5) is 28.1. The van der Waals surface area contributed by atoms with Crippen LogP contribution in [-0.4, -0.2) is 24.1 Å². The van der Waals surface area contributed by atoms with Crippen molar-refractivity contribution in [3.05, 3.63) is 101 Å². The third-order valence-corrected chi connectivity index (χ3v) is 8.00. The average molecular weight is 542 g/mol. The van der Waals surface area contributed by atoms with Crippen LogP contribution in [0.5, 0.6) is 0 Å². The minimum Gasteiger partial charge on any atom is -0.466 e. The van der Waals surface area contributed by atoms with Crippen molar-refractivity contribution in [2.75, 3.05) is 12.0 Å². The molecule has 3 aromatic rings. The van der Waals surface area contributed by atoms with Crippen LogP contribution in [0.2, 0.25) is 0 Å². The predicted molar refractivity (Wildman–Crippen MR) is 159 cm³/mol. The van der Waals surface area contributed by atoms with Gasteiger partial charge in [-0.15, -0.1) is 0 Å². The third-order valence-electron chi connectivity index (χ3n) is 7.14. The number of rotatable bonds is 9. The molecule has 0 radical (unpaired) electrons. The van der Waals surface area contributed by atoms with Crippen LogP contribution in [0.15, 0.2) is 89.7 Å². The molecule has 0 aliphatic heterocycles. The van der Waals surface area contributed by atoms with Crippen LogP contribution in [0.1, 0.15) is 55.0 Å². The van der Waals surface area contributed by atoms with E-state index >= 15 is 0 Å². The largest absolute Gasteiger partial charge is 0.466 e. The first-order valence-corrected chi connectivity index (χ1v) is 14.1. The summed E-state index contributed by atoms with van der Waals surface area (Å²) in [5.74, 6) is -0.667. The molecule has 0 aromatic heterocycles. The molecular weight excluding hydrogens is 506 g/mol. The smallest absolute Gasteiger partial charge is 0.330 e. The van der Waals surface area contributed by atoms with Crippen LogP contribution in [0.4, 0.5) is 5.69 Å². The number of ether oxygens (including phenoxy) is 1. The van der Waals surface area contributed by atoms with E-state index in [1.54, 1.807) is 17.8 Å². The zero-order chi connectivity index (χ0) is 27.8. The number of amides is 1. The maximum absolute atomic E-state index is 13.8. The molecule has 5 nitrogen and oxygen atoms in total. The molecule has 6 heteroatoms. The number of hydrogen-bond acceptors (Lipinski definition) is 5. The minimum atomic E-state index is -1.15. The molecule has 4 rings (SSSR count). The minimum absolute atomic E-state index is 0.0787. The molecule has 1 aliphatic rings. The molecule has 3 aromatic carbocycles. The molecular formula is C33H35NO4S. The monoisotopic (exact) mass is 541 g/mol. The average Bonchev–Trinajstić information content (AvgIpc) is 2.98. The normalized spacial score (nSPS) is 14.6. The van der Waals surface area contributed by atoms with Crippen molar-refractivity contribution in [2.45, 2.75) is 50.2 Å². The second-order valence-electron chi connectivity index (χ2n) is 9.76. The van der Waals surface area contributed by atoms with Gasteiger partial charge >= 0.3 is 5.97 Å². The van der Waals surface area contributed by atoms with Gasteiger partial charge in [0.1, 0.15) is 0 Å². The fraction of sp³-hybridized carbons (Fsp3) is 0.273. The molecule has 1 atom stereocenters. The summed E-state index contributed by atoms with van der Waals surface area (Å²) in [7, 11) is 1.33. The van der Waals surface area contributed by atoms with E-state index in [0.29, 0.717) is 11.3 Å². The van der Waals surface area contributed by atoms with E-state index < -0.39 is 12.2 Å². The van der Waals surface area contributed by atoms with Gasteiger partial charge in [-0.3, -0.25) is 9.69 Å². The van der Waals surface area contributed by atoms with Gasteiger partial charge in [-0.2, -0.15) is 0 Å². The van der Waals surface area contributed by atoms with Gasteiger partial charge in [0.25, 0.3) is 0 Å². The molecule has 39 heavy (non-hydrogen) atoms. The van der Waals surface area contributed by atoms with Crippen molar-refractivity contribution < 1.29 is 19.4 Å². The van der Waals surface area contributed by atoms with Gasteiger partial charge in [-0.1, -0.05) is 86.1 Å². The molecule has 1 N–H and O–H groups in total. The molecule has 0 bridgehead atoms. The Bertz CT molecular complexity index is 1340. The Balaban J connectivity index is 1.66. The lowest BCUT2D eigenvalue weighted by Gasteiger charge is -2.33. The first-order valence-electron chi connectivity index (χ1n) is 13.3. The number of hydrogen-bond donors (Lipinski definition) is 1. The summed E-state index contributed by atoms with van der Waals surface area (Å²) < 4.78 is 4.69. The fourth-order valence-electron chi connectivity index (χ4n) is 4.94. The molecule has 1 fully saturated rings. The van der Waals surface area contributed by atoms with E-state index in [1.165, 1.54) is 23.6 Å². The zero-order valence-corrected chi connectivity index (χ0v) is 23.3. The molecule has 1 aliphatic carbocycles. The van der Waals surface area contributed by atoms with E-state index in [-0.39, 0.29) is 11.8 Å². The van der Waals surface area contributed by atoms with Crippen molar-refractivity contribution in [2.24, 2.45) is 5.92 Å². The molecule has 0 heterocycles. The molecule has 1 amide bonds. The lowest BCUT2D eigenvalue weighted by atomic mass is 9.88. The molecule has 202 valence electrons. The topological polar surface area (TPSA) is 66.8 Å². The van der Waals surface area contributed by atoms with E-state index in [9.17, 15) is 14.7 Å². The Labute approximate surface area is 235 Å². The van der Waals surface area contributed by atoms with Crippen LogP contribution >= 0.6 is 11.8 Å². The molecule has 1 saturated carbocycles. The van der Waals surface area contributed by atoms with Crippen molar-refractivity contribution in [3.8, 4) is 11.1 Å². The highest BCUT2D eigenvalue weighted by Gasteiger charge is 2.32. The van der Waals surface area contributed by atoms with E-state index in [1.807, 2.05) is 53.9 Å². The number of anilines is 1. The van der Waals surface area contributed by atoms with Crippen LogP contribution in [-0.2, 0) is 14.3 Å². The van der Waals surface area contributed by atoms with Crippen molar-refractivity contribution in [1.29, 1.82) is 0 Å². The second-order valence-corrected chi connectivity index (χ2v) is 10.8. The zero-order valence-electron chi connectivity index (χ0n) is 22.5. The number of nitrogens with zero attached hydrogens (tertiary/aromatic N) is 1. The van der Waals surface area contributed by atoms with Crippen LogP contribution in [0.25, 0.3) is 17.2 Å². The number of aliphatic hydroxyl groups excluding tert-OH is 1. The second kappa shape index (κ2) is 13.5. The van der Waals surface area contributed by atoms with Crippen molar-refractivity contribution in [1.82, 2.24) is 0 Å². The van der Waals surface area contributed by atoms with Gasteiger partial charge < -0.3 is 9.84 Å². The first-order chi connectivity index (χ1) is 18.9. The summed E-state index contributed by atoms with van der Waals surface area (Å²) in [5, 5.41) is 13.4. The van der Waals surface area contributed by atoms with Gasteiger partial charge in [-0.25, -0.2) is 4.79 Å². The Morgan fingerprint density at radius 3 is 2.44 bits per heavy atom. The van der Waals surface area contributed by atoms with Crippen LogP contribution < -0.4 is 4.90 Å². The number of esters is 1. The molecule has 1 unspecified atom stereocenters. The lowest BCUT2D eigenvalue weighted by molar-refractivity contribution is -0.134. The van der Waals surface area contributed by atoms with Crippen molar-refractivity contribution in [3.63, 3.8) is 0 Å². The van der Waals surface area contributed by atoms with Gasteiger partial charge in [-0.05, 0) is 71.7 Å². The van der Waals surface area contributed by atoms with Crippen LogP contribution in [0.3, 0.4) is 0 Å². The highest BCUT2D eigenvalue weighted by molar-refractivity contribution is 8.02. The number of aliphatic hydroxyl groups is 1. The Kier molecular flexibility index (Phi) is 9.79. The summed E-state index contributed by atoms with van der Waals surface area (Å²) >= 11 is 1.59. The summed E-state index contributed by atoms with van der Waals surface area (Å²) in [6, 6.07) is 21.3. The molecule has 0 spiro atoms. The number of thioether (sulfide) groups is 1. The summed E-state index contributed by atoms with van der Waals surface area (Å²) in [5.41, 5.74) is 5.24. The standard InChI is InChI=1S/C33H35NO4S/c1-4-39-30-22-28(15-13-23(30)2)25-16-18-27(19-17-25)33(37)34(32(36)26-10-6-5-7-11-26)29-12-8-9-24(21-29)14-20-31(35)38-3/h4,8-9,12-22,26,33,37H,1,5-7,10-11H2,2-3H3/b20-14+. The van der Waals surface area contributed by atoms with E-state index in [2.05, 4.69) is 31.7 Å². The first kappa shape index (κ1) is 28.4.